The van der Waals surface area contributed by atoms with Crippen LogP contribution in [0, 0.1) is 12.8 Å². The van der Waals surface area contributed by atoms with Crippen LogP contribution in [0.25, 0.3) is 0 Å². The van der Waals surface area contributed by atoms with E-state index in [1.165, 1.54) is 0 Å². The standard InChI is InChI=1S/C19H31N3O3.HI/c1-15-5-6-16(11-18(15)23-3)12-22-19(20-2)21-8-4-9-24-13-17-7-10-25-14-17;/h5-6,11,17H,4,7-10,12-14H2,1-3H3,(H2,20,21,22);1H. The molecule has 1 atom stereocenters. The molecule has 0 aromatic heterocycles. The van der Waals surface area contributed by atoms with Crippen molar-refractivity contribution >= 4 is 29.9 Å². The number of aryl methyl sites for hydroxylation is 1. The van der Waals surface area contributed by atoms with Gasteiger partial charge in [-0.25, -0.2) is 0 Å². The Bertz CT molecular complexity index is 549. The molecule has 2 rings (SSSR count). The summed E-state index contributed by atoms with van der Waals surface area (Å²) in [6.07, 6.45) is 2.07. The largest absolute Gasteiger partial charge is 0.496 e. The van der Waals surface area contributed by atoms with Crippen LogP contribution >= 0.6 is 24.0 Å². The molecule has 2 N–H and O–H groups in total. The zero-order chi connectivity index (χ0) is 17.9. The molecule has 1 aliphatic rings. The molecule has 1 aromatic carbocycles. The summed E-state index contributed by atoms with van der Waals surface area (Å²) in [4.78, 5) is 4.25. The number of ether oxygens (including phenoxy) is 3. The number of methoxy groups -OCH3 is 1. The van der Waals surface area contributed by atoms with Gasteiger partial charge in [-0.05, 0) is 37.0 Å². The summed E-state index contributed by atoms with van der Waals surface area (Å²) >= 11 is 0. The molecule has 26 heavy (non-hydrogen) atoms. The summed E-state index contributed by atoms with van der Waals surface area (Å²) in [5.74, 6) is 2.28. The van der Waals surface area contributed by atoms with Crippen LogP contribution in [0.3, 0.4) is 0 Å². The molecular weight excluding hydrogens is 445 g/mol. The molecule has 0 radical (unpaired) electrons. The summed E-state index contributed by atoms with van der Waals surface area (Å²) in [5, 5.41) is 6.63. The summed E-state index contributed by atoms with van der Waals surface area (Å²) in [6.45, 7) is 6.87. The van der Waals surface area contributed by atoms with Gasteiger partial charge < -0.3 is 24.8 Å². The highest BCUT2D eigenvalue weighted by Crippen LogP contribution is 2.18. The van der Waals surface area contributed by atoms with Crippen molar-refractivity contribution in [3.8, 4) is 5.75 Å². The fourth-order valence-electron chi connectivity index (χ4n) is 2.73. The van der Waals surface area contributed by atoms with Gasteiger partial charge in [0.25, 0.3) is 0 Å². The van der Waals surface area contributed by atoms with Crippen LogP contribution in [0.15, 0.2) is 23.2 Å². The Balaban J connectivity index is 0.00000338. The van der Waals surface area contributed by atoms with Crippen LogP contribution in [0.4, 0.5) is 0 Å². The fraction of sp³-hybridized carbons (Fsp3) is 0.632. The molecule has 0 amide bonds. The summed E-state index contributed by atoms with van der Waals surface area (Å²) in [5.41, 5.74) is 2.30. The van der Waals surface area contributed by atoms with Crippen LogP contribution in [0.5, 0.6) is 5.75 Å². The molecule has 0 spiro atoms. The van der Waals surface area contributed by atoms with Crippen molar-refractivity contribution in [3.63, 3.8) is 0 Å². The van der Waals surface area contributed by atoms with Gasteiger partial charge in [0.2, 0.25) is 0 Å². The zero-order valence-corrected chi connectivity index (χ0v) is 18.4. The van der Waals surface area contributed by atoms with Crippen LogP contribution in [0.1, 0.15) is 24.0 Å². The SMILES string of the molecule is CN=C(NCCCOCC1CCOC1)NCc1ccc(C)c(OC)c1.I. The lowest BCUT2D eigenvalue weighted by Crippen LogP contribution is -2.37. The minimum atomic E-state index is 0. The van der Waals surface area contributed by atoms with Crippen LogP contribution < -0.4 is 15.4 Å². The predicted octanol–water partition coefficient (Wildman–Crippen LogP) is 2.73. The molecular formula is C19H32IN3O3. The number of halogens is 1. The molecule has 1 saturated heterocycles. The normalized spacial score (nSPS) is 16.9. The van der Waals surface area contributed by atoms with Crippen molar-refractivity contribution in [2.24, 2.45) is 10.9 Å². The van der Waals surface area contributed by atoms with Crippen molar-refractivity contribution in [3.05, 3.63) is 29.3 Å². The van der Waals surface area contributed by atoms with E-state index in [1.54, 1.807) is 14.2 Å². The van der Waals surface area contributed by atoms with Gasteiger partial charge >= 0.3 is 0 Å². The first kappa shape index (κ1) is 23.0. The first-order chi connectivity index (χ1) is 12.2. The Hall–Kier alpha value is -1.06. The Morgan fingerprint density at radius 1 is 1.35 bits per heavy atom. The molecule has 1 fully saturated rings. The number of benzene rings is 1. The first-order valence-corrected chi connectivity index (χ1v) is 8.96. The van der Waals surface area contributed by atoms with Crippen molar-refractivity contribution in [2.75, 3.05) is 47.1 Å². The van der Waals surface area contributed by atoms with Crippen LogP contribution in [-0.2, 0) is 16.0 Å². The van der Waals surface area contributed by atoms with E-state index in [-0.39, 0.29) is 24.0 Å². The monoisotopic (exact) mass is 477 g/mol. The number of nitrogens with one attached hydrogen (secondary N) is 2. The summed E-state index contributed by atoms with van der Waals surface area (Å²) in [7, 11) is 3.48. The highest BCUT2D eigenvalue weighted by molar-refractivity contribution is 14.0. The van der Waals surface area contributed by atoms with Crippen molar-refractivity contribution in [1.29, 1.82) is 0 Å². The van der Waals surface area contributed by atoms with E-state index >= 15 is 0 Å². The van der Waals surface area contributed by atoms with E-state index in [1.807, 2.05) is 6.92 Å². The van der Waals surface area contributed by atoms with Gasteiger partial charge in [-0.3, -0.25) is 4.99 Å². The number of hydrogen-bond acceptors (Lipinski definition) is 4. The second-order valence-corrected chi connectivity index (χ2v) is 6.31. The lowest BCUT2D eigenvalue weighted by Gasteiger charge is -2.13. The predicted molar refractivity (Wildman–Crippen MR) is 116 cm³/mol. The summed E-state index contributed by atoms with van der Waals surface area (Å²) < 4.78 is 16.4. The van der Waals surface area contributed by atoms with E-state index in [0.717, 1.165) is 68.6 Å². The van der Waals surface area contributed by atoms with E-state index in [0.29, 0.717) is 12.5 Å². The minimum absolute atomic E-state index is 0. The van der Waals surface area contributed by atoms with Crippen LogP contribution in [0.2, 0.25) is 0 Å². The number of aliphatic imine (C=N–C) groups is 1. The highest BCUT2D eigenvalue weighted by Gasteiger charge is 2.15. The van der Waals surface area contributed by atoms with Crippen molar-refractivity contribution in [1.82, 2.24) is 10.6 Å². The molecule has 0 bridgehead atoms. The Morgan fingerprint density at radius 2 is 2.19 bits per heavy atom. The molecule has 148 valence electrons. The van der Waals surface area contributed by atoms with E-state index in [2.05, 4.69) is 33.8 Å². The number of nitrogens with zero attached hydrogens (tertiary/aromatic N) is 1. The van der Waals surface area contributed by atoms with E-state index < -0.39 is 0 Å². The lowest BCUT2D eigenvalue weighted by atomic mass is 10.1. The molecule has 0 aliphatic carbocycles. The fourth-order valence-corrected chi connectivity index (χ4v) is 2.73. The minimum Gasteiger partial charge on any atom is -0.496 e. The van der Waals surface area contributed by atoms with E-state index in [9.17, 15) is 0 Å². The quantitative estimate of drug-likeness (QED) is 0.248. The molecule has 0 saturated carbocycles. The third-order valence-electron chi connectivity index (χ3n) is 4.29. The Morgan fingerprint density at radius 3 is 2.88 bits per heavy atom. The Kier molecular flexibility index (Phi) is 11.6. The third kappa shape index (κ3) is 8.09. The highest BCUT2D eigenvalue weighted by atomic mass is 127. The maximum atomic E-state index is 5.70. The third-order valence-corrected chi connectivity index (χ3v) is 4.29. The molecule has 7 heteroatoms. The van der Waals surface area contributed by atoms with Gasteiger partial charge in [-0.1, -0.05) is 12.1 Å². The second-order valence-electron chi connectivity index (χ2n) is 6.31. The number of hydrogen-bond donors (Lipinski definition) is 2. The molecule has 1 aliphatic heterocycles. The maximum Gasteiger partial charge on any atom is 0.191 e. The van der Waals surface area contributed by atoms with Gasteiger partial charge in [0.1, 0.15) is 5.75 Å². The topological polar surface area (TPSA) is 64.1 Å². The lowest BCUT2D eigenvalue weighted by molar-refractivity contribution is 0.0888. The van der Waals surface area contributed by atoms with Gasteiger partial charge in [-0.2, -0.15) is 0 Å². The zero-order valence-electron chi connectivity index (χ0n) is 16.0. The van der Waals surface area contributed by atoms with Gasteiger partial charge in [-0.15, -0.1) is 24.0 Å². The maximum absolute atomic E-state index is 5.70. The molecule has 1 unspecified atom stereocenters. The second kappa shape index (κ2) is 13.2. The van der Waals surface area contributed by atoms with Crippen molar-refractivity contribution < 1.29 is 14.2 Å². The van der Waals surface area contributed by atoms with E-state index in [4.69, 9.17) is 14.2 Å². The van der Waals surface area contributed by atoms with Gasteiger partial charge in [0.15, 0.2) is 5.96 Å². The molecule has 1 aromatic rings. The Labute approximate surface area is 174 Å². The smallest absolute Gasteiger partial charge is 0.191 e. The first-order valence-electron chi connectivity index (χ1n) is 8.96. The molecule has 6 nitrogen and oxygen atoms in total. The van der Waals surface area contributed by atoms with Crippen molar-refractivity contribution in [2.45, 2.75) is 26.3 Å². The van der Waals surface area contributed by atoms with Gasteiger partial charge in [0, 0.05) is 39.3 Å². The average molecular weight is 477 g/mol. The number of rotatable bonds is 9. The number of guanidine groups is 1. The van der Waals surface area contributed by atoms with Gasteiger partial charge in [0.05, 0.1) is 20.3 Å². The molecule has 1 heterocycles. The van der Waals surface area contributed by atoms with Crippen LogP contribution in [-0.4, -0.2) is 53.1 Å². The average Bonchev–Trinajstić information content (AvgIpc) is 3.15. The summed E-state index contributed by atoms with van der Waals surface area (Å²) in [6, 6.07) is 6.22.